The summed E-state index contributed by atoms with van der Waals surface area (Å²) in [7, 11) is -3.35. The minimum absolute atomic E-state index is 0.230. The van der Waals surface area contributed by atoms with E-state index in [1.165, 1.54) is 4.31 Å². The lowest BCUT2D eigenvalue weighted by atomic mass is 10.1. The number of carbonyl (C=O) groups is 1. The van der Waals surface area contributed by atoms with Crippen molar-refractivity contribution in [3.63, 3.8) is 0 Å². The molecule has 0 fully saturated rings. The summed E-state index contributed by atoms with van der Waals surface area (Å²) in [6.45, 7) is 5.01. The molecule has 0 saturated heterocycles. The Balaban J connectivity index is 1.70. The molecule has 3 rings (SSSR count). The van der Waals surface area contributed by atoms with Crippen LogP contribution in [0, 0.1) is 0 Å². The van der Waals surface area contributed by atoms with Crippen LogP contribution in [0.15, 0.2) is 42.5 Å². The Morgan fingerprint density at radius 3 is 2.36 bits per heavy atom. The molecule has 1 aliphatic heterocycles. The second-order valence-electron chi connectivity index (χ2n) is 6.57. The number of nitrogens with one attached hydrogen (secondary N) is 1. The Morgan fingerprint density at radius 1 is 1.11 bits per heavy atom. The van der Waals surface area contributed by atoms with E-state index in [9.17, 15) is 13.2 Å². The maximum atomic E-state index is 12.6. The van der Waals surface area contributed by atoms with Gasteiger partial charge in [-0.25, -0.2) is 8.42 Å². The van der Waals surface area contributed by atoms with Crippen LogP contribution in [-0.2, 0) is 10.0 Å². The van der Waals surface area contributed by atoms with Gasteiger partial charge in [0.25, 0.3) is 5.91 Å². The van der Waals surface area contributed by atoms with Crippen molar-refractivity contribution in [2.75, 3.05) is 30.3 Å². The van der Waals surface area contributed by atoms with Gasteiger partial charge in [-0.3, -0.25) is 9.10 Å². The number of ether oxygens (including phenoxy) is 2. The second-order valence-corrected chi connectivity index (χ2v) is 8.48. The molecule has 28 heavy (non-hydrogen) atoms. The summed E-state index contributed by atoms with van der Waals surface area (Å²) >= 11 is 0. The van der Waals surface area contributed by atoms with Crippen molar-refractivity contribution >= 4 is 21.6 Å². The molecule has 2 aromatic carbocycles. The van der Waals surface area contributed by atoms with E-state index in [-0.39, 0.29) is 11.9 Å². The van der Waals surface area contributed by atoms with Crippen molar-refractivity contribution in [1.82, 2.24) is 5.32 Å². The first-order valence-electron chi connectivity index (χ1n) is 9.07. The zero-order chi connectivity index (χ0) is 20.3. The highest BCUT2D eigenvalue weighted by Gasteiger charge is 2.18. The monoisotopic (exact) mass is 404 g/mol. The zero-order valence-corrected chi connectivity index (χ0v) is 17.0. The molecular weight excluding hydrogens is 380 g/mol. The number of carbonyl (C=O) groups excluding carboxylic acids is 1. The fourth-order valence-corrected chi connectivity index (χ4v) is 4.05. The van der Waals surface area contributed by atoms with E-state index in [0.717, 1.165) is 11.8 Å². The van der Waals surface area contributed by atoms with Crippen molar-refractivity contribution in [2.24, 2.45) is 0 Å². The van der Waals surface area contributed by atoms with E-state index < -0.39 is 10.0 Å². The highest BCUT2D eigenvalue weighted by atomic mass is 32.2. The molecule has 1 aliphatic rings. The van der Waals surface area contributed by atoms with Gasteiger partial charge < -0.3 is 14.8 Å². The third-order valence-corrected chi connectivity index (χ3v) is 5.79. The summed E-state index contributed by atoms with van der Waals surface area (Å²) in [5, 5.41) is 2.95. The molecule has 2 aromatic rings. The Labute approximate surface area is 165 Å². The van der Waals surface area contributed by atoms with E-state index in [1.807, 2.05) is 25.1 Å². The first kappa shape index (κ1) is 20.0. The van der Waals surface area contributed by atoms with E-state index in [1.54, 1.807) is 31.2 Å². The van der Waals surface area contributed by atoms with Gasteiger partial charge in [0, 0.05) is 12.1 Å². The molecule has 0 radical (unpaired) electrons. The van der Waals surface area contributed by atoms with E-state index >= 15 is 0 Å². The number of anilines is 1. The van der Waals surface area contributed by atoms with Crippen LogP contribution >= 0.6 is 0 Å². The van der Waals surface area contributed by atoms with Crippen LogP contribution in [0.4, 0.5) is 5.69 Å². The number of rotatable bonds is 6. The van der Waals surface area contributed by atoms with Crippen LogP contribution in [0.25, 0.3) is 0 Å². The van der Waals surface area contributed by atoms with Crippen molar-refractivity contribution in [1.29, 1.82) is 0 Å². The first-order chi connectivity index (χ1) is 13.3. The lowest BCUT2D eigenvalue weighted by Gasteiger charge is -2.22. The number of fused-ring (bicyclic) bond motifs is 1. The molecule has 0 bridgehead atoms. The van der Waals surface area contributed by atoms with Crippen LogP contribution in [0.2, 0.25) is 0 Å². The average Bonchev–Trinajstić information content (AvgIpc) is 2.67. The second kappa shape index (κ2) is 8.10. The molecule has 150 valence electrons. The topological polar surface area (TPSA) is 84.9 Å². The summed E-state index contributed by atoms with van der Waals surface area (Å²) in [6, 6.07) is 11.9. The zero-order valence-electron chi connectivity index (χ0n) is 16.1. The minimum Gasteiger partial charge on any atom is -0.486 e. The number of benzene rings is 2. The molecule has 1 amide bonds. The van der Waals surface area contributed by atoms with Crippen molar-refractivity contribution < 1.29 is 22.7 Å². The van der Waals surface area contributed by atoms with Gasteiger partial charge in [-0.2, -0.15) is 0 Å². The number of amides is 1. The van der Waals surface area contributed by atoms with Crippen LogP contribution in [0.3, 0.4) is 0 Å². The quantitative estimate of drug-likeness (QED) is 0.800. The van der Waals surface area contributed by atoms with Crippen molar-refractivity contribution in [2.45, 2.75) is 19.9 Å². The molecule has 1 N–H and O–H groups in total. The Bertz CT molecular complexity index is 957. The smallest absolute Gasteiger partial charge is 0.251 e. The normalized spacial score (nSPS) is 14.2. The SMILES string of the molecule is CCN(c1ccc(C(=O)N[C@H](C)c2ccc3c(c2)OCCO3)cc1)S(C)(=O)=O. The number of sulfonamides is 1. The van der Waals surface area contributed by atoms with E-state index in [2.05, 4.69) is 5.32 Å². The van der Waals surface area contributed by atoms with Gasteiger partial charge >= 0.3 is 0 Å². The maximum Gasteiger partial charge on any atom is 0.251 e. The minimum atomic E-state index is -3.35. The third-order valence-electron chi connectivity index (χ3n) is 4.52. The first-order valence-corrected chi connectivity index (χ1v) is 10.9. The molecular formula is C20H24N2O5S. The van der Waals surface area contributed by atoms with Gasteiger partial charge in [-0.15, -0.1) is 0 Å². The van der Waals surface area contributed by atoms with Gasteiger partial charge in [0.15, 0.2) is 11.5 Å². The van der Waals surface area contributed by atoms with Crippen LogP contribution in [-0.4, -0.2) is 40.3 Å². The van der Waals surface area contributed by atoms with Gasteiger partial charge in [-0.05, 0) is 55.8 Å². The van der Waals surface area contributed by atoms with Crippen LogP contribution < -0.4 is 19.1 Å². The fourth-order valence-electron chi connectivity index (χ4n) is 3.08. The predicted molar refractivity (Wildman–Crippen MR) is 108 cm³/mol. The summed E-state index contributed by atoms with van der Waals surface area (Å²) in [5.74, 6) is 1.14. The summed E-state index contributed by atoms with van der Waals surface area (Å²) < 4.78 is 36.0. The third kappa shape index (κ3) is 4.39. The molecule has 0 aromatic heterocycles. The Morgan fingerprint density at radius 2 is 1.75 bits per heavy atom. The highest BCUT2D eigenvalue weighted by molar-refractivity contribution is 7.92. The predicted octanol–water partition coefficient (Wildman–Crippen LogP) is 2.73. The molecule has 1 heterocycles. The number of nitrogens with zero attached hydrogens (tertiary/aromatic N) is 1. The number of hydrogen-bond donors (Lipinski definition) is 1. The highest BCUT2D eigenvalue weighted by Crippen LogP contribution is 2.32. The molecule has 1 atom stereocenters. The molecule has 0 aliphatic carbocycles. The van der Waals surface area contributed by atoms with Gasteiger partial charge in [0.05, 0.1) is 18.0 Å². The standard InChI is InChI=1S/C20H24N2O5S/c1-4-22(28(3,24)25)17-8-5-15(6-9-17)20(23)21-14(2)16-7-10-18-19(13-16)27-12-11-26-18/h5-10,13-14H,4,11-12H2,1-3H3,(H,21,23)/t14-/m1/s1. The van der Waals surface area contributed by atoms with E-state index in [4.69, 9.17) is 9.47 Å². The maximum absolute atomic E-state index is 12.6. The summed E-state index contributed by atoms with van der Waals surface area (Å²) in [4.78, 5) is 12.6. The summed E-state index contributed by atoms with van der Waals surface area (Å²) in [5.41, 5.74) is 1.89. The fraction of sp³-hybridized carbons (Fsp3) is 0.350. The molecule has 8 heteroatoms. The van der Waals surface area contributed by atoms with Crippen molar-refractivity contribution in [3.8, 4) is 11.5 Å². The largest absolute Gasteiger partial charge is 0.486 e. The lowest BCUT2D eigenvalue weighted by Crippen LogP contribution is -2.30. The van der Waals surface area contributed by atoms with Gasteiger partial charge in [-0.1, -0.05) is 6.07 Å². The van der Waals surface area contributed by atoms with Gasteiger partial charge in [0.1, 0.15) is 13.2 Å². The summed E-state index contributed by atoms with van der Waals surface area (Å²) in [6.07, 6.45) is 1.16. The number of hydrogen-bond acceptors (Lipinski definition) is 5. The molecule has 0 saturated carbocycles. The molecule has 7 nitrogen and oxygen atoms in total. The van der Waals surface area contributed by atoms with Crippen LogP contribution in [0.1, 0.15) is 35.8 Å². The molecule has 0 spiro atoms. The Hall–Kier alpha value is -2.74. The average molecular weight is 404 g/mol. The molecule has 0 unspecified atom stereocenters. The van der Waals surface area contributed by atoms with Crippen LogP contribution in [0.5, 0.6) is 11.5 Å². The lowest BCUT2D eigenvalue weighted by molar-refractivity contribution is 0.0939. The van der Waals surface area contributed by atoms with E-state index in [0.29, 0.717) is 42.5 Å². The van der Waals surface area contributed by atoms with Crippen molar-refractivity contribution in [3.05, 3.63) is 53.6 Å². The Kier molecular flexibility index (Phi) is 5.79. The van der Waals surface area contributed by atoms with Gasteiger partial charge in [0.2, 0.25) is 10.0 Å².